The molecule has 0 bridgehead atoms. The van der Waals surface area contributed by atoms with E-state index in [1.165, 1.54) is 0 Å². The molecule has 2 N–H and O–H groups in total. The smallest absolute Gasteiger partial charge is 0.324 e. The van der Waals surface area contributed by atoms with E-state index >= 15 is 0 Å². The van der Waals surface area contributed by atoms with E-state index in [9.17, 15) is 4.57 Å². The summed E-state index contributed by atoms with van der Waals surface area (Å²) in [6.07, 6.45) is 0. The Morgan fingerprint density at radius 1 is 1.67 bits per heavy atom. The van der Waals surface area contributed by atoms with Gasteiger partial charge >= 0.3 is 7.60 Å². The van der Waals surface area contributed by atoms with E-state index in [0.717, 1.165) is 0 Å². The van der Waals surface area contributed by atoms with Gasteiger partial charge in [-0.3, -0.25) is 4.57 Å². The first-order valence-electron chi connectivity index (χ1n) is 1.17. The monoisotopic (exact) mass is 174 g/mol. The van der Waals surface area contributed by atoms with Crippen LogP contribution in [0.3, 0.4) is 0 Å². The zero-order valence-corrected chi connectivity index (χ0v) is 5.32. The van der Waals surface area contributed by atoms with Crippen LogP contribution in [0.15, 0.2) is 0 Å². The van der Waals surface area contributed by atoms with Crippen molar-refractivity contribution in [3.63, 3.8) is 0 Å². The fourth-order valence-electron chi connectivity index (χ4n) is 0. The maximum absolute atomic E-state index is 9.65. The Kier molecular flexibility index (Phi) is 2.29. The summed E-state index contributed by atoms with van der Waals surface area (Å²) in [6, 6.07) is 0. The summed E-state index contributed by atoms with van der Waals surface area (Å²) in [5.74, 6) is 0. The molecule has 0 fully saturated rings. The summed E-state index contributed by atoms with van der Waals surface area (Å²) >= 11 is 2.61. The molecule has 0 spiro atoms. The van der Waals surface area contributed by atoms with Crippen molar-refractivity contribution >= 4 is 23.5 Å². The molecule has 0 aromatic rings. The SMILES string of the molecule is O=P(O)(O)CBr. The molecule has 38 valence electrons. The zero-order valence-electron chi connectivity index (χ0n) is 2.83. The quantitative estimate of drug-likeness (QED) is 0.451. The van der Waals surface area contributed by atoms with E-state index in [2.05, 4.69) is 15.9 Å². The van der Waals surface area contributed by atoms with Gasteiger partial charge in [0.2, 0.25) is 0 Å². The Bertz CT molecular complexity index is 74.9. The lowest BCUT2D eigenvalue weighted by Crippen LogP contribution is -1.72. The zero-order chi connectivity index (χ0) is 5.21. The first kappa shape index (κ1) is 6.63. The molecule has 3 nitrogen and oxygen atoms in total. The second-order valence-electron chi connectivity index (χ2n) is 0.784. The van der Waals surface area contributed by atoms with Crippen molar-refractivity contribution in [2.45, 2.75) is 0 Å². The van der Waals surface area contributed by atoms with Crippen LogP contribution in [0.4, 0.5) is 0 Å². The molecule has 0 aliphatic heterocycles. The highest BCUT2D eigenvalue weighted by Gasteiger charge is 2.06. The van der Waals surface area contributed by atoms with Crippen LogP contribution in [0.2, 0.25) is 0 Å². The molecule has 0 rings (SSSR count). The van der Waals surface area contributed by atoms with Gasteiger partial charge in [0.25, 0.3) is 0 Å². The van der Waals surface area contributed by atoms with E-state index in [0.29, 0.717) is 0 Å². The molecule has 0 aliphatic rings. The molecule has 0 heterocycles. The fraction of sp³-hybridized carbons (Fsp3) is 1.00. The number of halogens is 1. The molecular formula is CH4BrO3P. The number of hydrogen-bond donors (Lipinski definition) is 2. The van der Waals surface area contributed by atoms with Crippen molar-refractivity contribution in [1.82, 2.24) is 0 Å². The third-order valence-corrected chi connectivity index (χ3v) is 2.43. The summed E-state index contributed by atoms with van der Waals surface area (Å²) in [4.78, 5) is 15.8. The molecule has 0 aliphatic carbocycles. The van der Waals surface area contributed by atoms with E-state index in [-0.39, 0.29) is 5.07 Å². The third kappa shape index (κ3) is 4.63. The van der Waals surface area contributed by atoms with Gasteiger partial charge in [0, 0.05) is 0 Å². The lowest BCUT2D eigenvalue weighted by molar-refractivity contribution is 0.380. The van der Waals surface area contributed by atoms with Crippen LogP contribution in [0.25, 0.3) is 0 Å². The molecule has 0 amide bonds. The van der Waals surface area contributed by atoms with Crippen molar-refractivity contribution in [3.05, 3.63) is 0 Å². The van der Waals surface area contributed by atoms with Crippen LogP contribution in [0.5, 0.6) is 0 Å². The summed E-state index contributed by atoms with van der Waals surface area (Å²) in [7, 11) is -3.73. The second kappa shape index (κ2) is 2.07. The molecule has 0 saturated carbocycles. The Balaban J connectivity index is 3.48. The van der Waals surface area contributed by atoms with Gasteiger partial charge < -0.3 is 9.79 Å². The minimum Gasteiger partial charge on any atom is -0.324 e. The maximum atomic E-state index is 9.65. The minimum absolute atomic E-state index is 0.250. The highest BCUT2D eigenvalue weighted by molar-refractivity contribution is 9.10. The first-order chi connectivity index (χ1) is 2.56. The molecule has 5 heteroatoms. The number of hydrogen-bond acceptors (Lipinski definition) is 1. The van der Waals surface area contributed by atoms with Gasteiger partial charge in [-0.25, -0.2) is 0 Å². The predicted molar refractivity (Wildman–Crippen MR) is 25.8 cm³/mol. The average molecular weight is 175 g/mol. The third-order valence-electron chi connectivity index (χ3n) is 0.156. The molecule has 0 aromatic carbocycles. The summed E-state index contributed by atoms with van der Waals surface area (Å²) in [5.41, 5.74) is 0. The molecule has 6 heavy (non-hydrogen) atoms. The van der Waals surface area contributed by atoms with Crippen LogP contribution >= 0.6 is 23.5 Å². The topological polar surface area (TPSA) is 57.5 Å². The summed E-state index contributed by atoms with van der Waals surface area (Å²) in [5, 5.41) is -0.250. The minimum atomic E-state index is -3.73. The van der Waals surface area contributed by atoms with E-state index < -0.39 is 7.60 Å². The average Bonchev–Trinajstić information content (AvgIpc) is 1.35. The molecule has 0 unspecified atom stereocenters. The summed E-state index contributed by atoms with van der Waals surface area (Å²) in [6.45, 7) is 0. The van der Waals surface area contributed by atoms with Crippen molar-refractivity contribution in [2.75, 3.05) is 5.07 Å². The Labute approximate surface area is 43.7 Å². The van der Waals surface area contributed by atoms with E-state index in [1.807, 2.05) is 0 Å². The maximum Gasteiger partial charge on any atom is 0.336 e. The van der Waals surface area contributed by atoms with Crippen LogP contribution in [0.1, 0.15) is 0 Å². The standard InChI is InChI=1S/CH4BrO3P/c2-1-6(3,4)5/h1H2,(H2,3,4,5). The van der Waals surface area contributed by atoms with Gasteiger partial charge in [-0.2, -0.15) is 0 Å². The van der Waals surface area contributed by atoms with Crippen LogP contribution in [0, 0.1) is 0 Å². The normalized spacial score (nSPS) is 11.8. The first-order valence-corrected chi connectivity index (χ1v) is 4.09. The highest BCUT2D eigenvalue weighted by Crippen LogP contribution is 2.35. The van der Waals surface area contributed by atoms with Gasteiger partial charge in [0.1, 0.15) is 5.07 Å². The molecule has 0 aromatic heterocycles. The molecule has 0 saturated heterocycles. The van der Waals surface area contributed by atoms with Crippen LogP contribution in [-0.2, 0) is 4.57 Å². The Morgan fingerprint density at radius 3 is 1.83 bits per heavy atom. The van der Waals surface area contributed by atoms with Gasteiger partial charge in [0.05, 0.1) is 0 Å². The predicted octanol–water partition coefficient (Wildman–Crippen LogP) is 0.516. The van der Waals surface area contributed by atoms with Gasteiger partial charge in [-0.15, -0.1) is 0 Å². The van der Waals surface area contributed by atoms with Crippen molar-refractivity contribution in [2.24, 2.45) is 0 Å². The van der Waals surface area contributed by atoms with Crippen LogP contribution in [-0.4, -0.2) is 14.9 Å². The lowest BCUT2D eigenvalue weighted by atomic mass is 11.9. The largest absolute Gasteiger partial charge is 0.336 e. The van der Waals surface area contributed by atoms with Crippen molar-refractivity contribution in [3.8, 4) is 0 Å². The molecule has 0 radical (unpaired) electrons. The summed E-state index contributed by atoms with van der Waals surface area (Å²) < 4.78 is 9.65. The van der Waals surface area contributed by atoms with Crippen molar-refractivity contribution in [1.29, 1.82) is 0 Å². The highest BCUT2D eigenvalue weighted by atomic mass is 79.9. The van der Waals surface area contributed by atoms with E-state index in [1.54, 1.807) is 0 Å². The van der Waals surface area contributed by atoms with Crippen LogP contribution < -0.4 is 0 Å². The van der Waals surface area contributed by atoms with Crippen molar-refractivity contribution < 1.29 is 14.4 Å². The number of alkyl halides is 1. The number of rotatable bonds is 1. The fourth-order valence-corrected chi connectivity index (χ4v) is 0. The Hall–Kier alpha value is 0.630. The van der Waals surface area contributed by atoms with Gasteiger partial charge in [-0.05, 0) is 0 Å². The van der Waals surface area contributed by atoms with Gasteiger partial charge in [-0.1, -0.05) is 15.9 Å². The van der Waals surface area contributed by atoms with E-state index in [4.69, 9.17) is 9.79 Å². The lowest BCUT2D eigenvalue weighted by Gasteiger charge is -1.91. The van der Waals surface area contributed by atoms with Gasteiger partial charge in [0.15, 0.2) is 0 Å². The Morgan fingerprint density at radius 2 is 1.83 bits per heavy atom. The molecule has 0 atom stereocenters. The second-order valence-corrected chi connectivity index (χ2v) is 3.86. The molecular weight excluding hydrogens is 171 g/mol.